The molecular weight excluding hydrogens is 258 g/mol. The molecule has 2 N–H and O–H groups in total. The van der Waals surface area contributed by atoms with Crippen molar-refractivity contribution in [3.05, 3.63) is 29.3 Å². The van der Waals surface area contributed by atoms with Gasteiger partial charge in [0.05, 0.1) is 0 Å². The standard InChI is InChI=1S/C11H14BrNO2/c1-8-9(4-2-5-10(8)14)11(15)13-7-3-6-12/h2,4-5,14H,3,6-7H2,1H3,(H,13,15). The molecule has 0 saturated carbocycles. The highest BCUT2D eigenvalue weighted by Gasteiger charge is 2.09. The van der Waals surface area contributed by atoms with Gasteiger partial charge in [-0.15, -0.1) is 0 Å². The molecule has 0 unspecified atom stereocenters. The van der Waals surface area contributed by atoms with Crippen LogP contribution in [0.15, 0.2) is 18.2 Å². The summed E-state index contributed by atoms with van der Waals surface area (Å²) in [5, 5.41) is 13.1. The molecule has 0 atom stereocenters. The van der Waals surface area contributed by atoms with Crippen LogP contribution < -0.4 is 5.32 Å². The van der Waals surface area contributed by atoms with Crippen molar-refractivity contribution in [2.45, 2.75) is 13.3 Å². The minimum Gasteiger partial charge on any atom is -0.508 e. The van der Waals surface area contributed by atoms with Crippen molar-refractivity contribution in [3.8, 4) is 5.75 Å². The molecule has 0 heterocycles. The average molecular weight is 272 g/mol. The van der Waals surface area contributed by atoms with E-state index in [2.05, 4.69) is 21.2 Å². The number of rotatable bonds is 4. The Morgan fingerprint density at radius 2 is 2.27 bits per heavy atom. The molecule has 0 aromatic heterocycles. The van der Waals surface area contributed by atoms with Gasteiger partial charge in [0, 0.05) is 23.0 Å². The molecule has 1 aromatic rings. The highest BCUT2D eigenvalue weighted by atomic mass is 79.9. The Labute approximate surface area is 97.6 Å². The molecule has 15 heavy (non-hydrogen) atoms. The third-order valence-electron chi connectivity index (χ3n) is 2.15. The first kappa shape index (κ1) is 12.0. The van der Waals surface area contributed by atoms with Gasteiger partial charge in [0.15, 0.2) is 0 Å². The molecule has 1 aromatic carbocycles. The van der Waals surface area contributed by atoms with Crippen LogP contribution >= 0.6 is 15.9 Å². The van der Waals surface area contributed by atoms with E-state index in [4.69, 9.17) is 0 Å². The van der Waals surface area contributed by atoms with Crippen LogP contribution in [0.3, 0.4) is 0 Å². The Morgan fingerprint density at radius 1 is 1.53 bits per heavy atom. The second kappa shape index (κ2) is 5.75. The highest BCUT2D eigenvalue weighted by Crippen LogP contribution is 2.19. The van der Waals surface area contributed by atoms with Gasteiger partial charge < -0.3 is 10.4 Å². The summed E-state index contributed by atoms with van der Waals surface area (Å²) in [5.74, 6) is 0.0208. The van der Waals surface area contributed by atoms with Crippen molar-refractivity contribution >= 4 is 21.8 Å². The lowest BCUT2D eigenvalue weighted by Gasteiger charge is -2.07. The summed E-state index contributed by atoms with van der Waals surface area (Å²) in [6, 6.07) is 4.95. The molecule has 1 amide bonds. The minimum atomic E-state index is -0.135. The van der Waals surface area contributed by atoms with Gasteiger partial charge in [-0.3, -0.25) is 4.79 Å². The number of carbonyl (C=O) groups is 1. The molecule has 0 radical (unpaired) electrons. The largest absolute Gasteiger partial charge is 0.508 e. The van der Waals surface area contributed by atoms with Crippen molar-refractivity contribution in [1.29, 1.82) is 0 Å². The molecule has 0 saturated heterocycles. The third-order valence-corrected chi connectivity index (χ3v) is 2.71. The number of benzene rings is 1. The second-order valence-corrected chi connectivity index (χ2v) is 4.04. The SMILES string of the molecule is Cc1c(O)cccc1C(=O)NCCCBr. The second-order valence-electron chi connectivity index (χ2n) is 3.25. The molecule has 1 rings (SSSR count). The summed E-state index contributed by atoms with van der Waals surface area (Å²) in [6.07, 6.45) is 0.892. The van der Waals surface area contributed by atoms with Gasteiger partial charge in [-0.1, -0.05) is 22.0 Å². The van der Waals surface area contributed by atoms with Crippen LogP contribution in [0, 0.1) is 6.92 Å². The number of nitrogens with one attached hydrogen (secondary N) is 1. The zero-order valence-corrected chi connectivity index (χ0v) is 10.2. The number of halogens is 1. The fraction of sp³-hybridized carbons (Fsp3) is 0.364. The Hall–Kier alpha value is -1.03. The van der Waals surface area contributed by atoms with E-state index < -0.39 is 0 Å². The molecule has 0 aliphatic carbocycles. The number of hydrogen-bond donors (Lipinski definition) is 2. The Balaban J connectivity index is 2.69. The predicted molar refractivity (Wildman–Crippen MR) is 63.6 cm³/mol. The molecule has 0 bridgehead atoms. The number of phenols is 1. The summed E-state index contributed by atoms with van der Waals surface area (Å²) in [4.78, 5) is 11.7. The maximum absolute atomic E-state index is 11.7. The number of alkyl halides is 1. The van der Waals surface area contributed by atoms with E-state index in [0.717, 1.165) is 11.8 Å². The van der Waals surface area contributed by atoms with E-state index in [-0.39, 0.29) is 11.7 Å². The van der Waals surface area contributed by atoms with Crippen molar-refractivity contribution < 1.29 is 9.90 Å². The fourth-order valence-corrected chi connectivity index (χ4v) is 1.51. The molecule has 82 valence electrons. The van der Waals surface area contributed by atoms with Crippen molar-refractivity contribution in [1.82, 2.24) is 5.32 Å². The third kappa shape index (κ3) is 3.23. The van der Waals surface area contributed by atoms with Crippen LogP contribution in [-0.4, -0.2) is 22.9 Å². The number of phenolic OH excluding ortho intramolecular Hbond substituents is 1. The zero-order chi connectivity index (χ0) is 11.3. The number of carbonyl (C=O) groups excluding carboxylic acids is 1. The fourth-order valence-electron chi connectivity index (χ4n) is 1.23. The Bertz CT molecular complexity index is 352. The van der Waals surface area contributed by atoms with Crippen LogP contribution in [0.4, 0.5) is 0 Å². The van der Waals surface area contributed by atoms with Crippen molar-refractivity contribution in [2.24, 2.45) is 0 Å². The van der Waals surface area contributed by atoms with Crippen LogP contribution in [0.5, 0.6) is 5.75 Å². The van der Waals surface area contributed by atoms with Crippen LogP contribution in [0.1, 0.15) is 22.3 Å². The maximum atomic E-state index is 11.7. The molecule has 0 aliphatic rings. The lowest BCUT2D eigenvalue weighted by atomic mass is 10.1. The van der Waals surface area contributed by atoms with E-state index in [0.29, 0.717) is 17.7 Å². The lowest BCUT2D eigenvalue weighted by Crippen LogP contribution is -2.25. The molecule has 4 heteroatoms. The van der Waals surface area contributed by atoms with Gasteiger partial charge >= 0.3 is 0 Å². The minimum absolute atomic E-state index is 0.135. The van der Waals surface area contributed by atoms with Gasteiger partial charge in [0.25, 0.3) is 5.91 Å². The van der Waals surface area contributed by atoms with E-state index >= 15 is 0 Å². The average Bonchev–Trinajstić information content (AvgIpc) is 2.22. The van der Waals surface area contributed by atoms with Crippen molar-refractivity contribution in [3.63, 3.8) is 0 Å². The van der Waals surface area contributed by atoms with Gasteiger partial charge in [-0.25, -0.2) is 0 Å². The smallest absolute Gasteiger partial charge is 0.251 e. The summed E-state index contributed by atoms with van der Waals surface area (Å²) in [6.45, 7) is 2.37. The molecule has 3 nitrogen and oxygen atoms in total. The summed E-state index contributed by atoms with van der Waals surface area (Å²) in [7, 11) is 0. The zero-order valence-electron chi connectivity index (χ0n) is 8.59. The van der Waals surface area contributed by atoms with E-state index in [1.807, 2.05) is 0 Å². The molecule has 0 spiro atoms. The number of aromatic hydroxyl groups is 1. The Morgan fingerprint density at radius 3 is 2.93 bits per heavy atom. The van der Waals surface area contributed by atoms with Gasteiger partial charge in [0.1, 0.15) is 5.75 Å². The quantitative estimate of drug-likeness (QED) is 0.652. The summed E-state index contributed by atoms with van der Waals surface area (Å²) >= 11 is 3.29. The topological polar surface area (TPSA) is 49.3 Å². The summed E-state index contributed by atoms with van der Waals surface area (Å²) in [5.41, 5.74) is 1.15. The van der Waals surface area contributed by atoms with Crippen LogP contribution in [0.25, 0.3) is 0 Å². The summed E-state index contributed by atoms with van der Waals surface area (Å²) < 4.78 is 0. The number of amides is 1. The van der Waals surface area contributed by atoms with Crippen LogP contribution in [-0.2, 0) is 0 Å². The monoisotopic (exact) mass is 271 g/mol. The van der Waals surface area contributed by atoms with Gasteiger partial charge in [-0.05, 0) is 25.5 Å². The highest BCUT2D eigenvalue weighted by molar-refractivity contribution is 9.09. The Kier molecular flexibility index (Phi) is 4.62. The number of hydrogen-bond acceptors (Lipinski definition) is 2. The molecule has 0 aliphatic heterocycles. The van der Waals surface area contributed by atoms with Crippen LogP contribution in [0.2, 0.25) is 0 Å². The first-order valence-corrected chi connectivity index (χ1v) is 5.91. The first-order chi connectivity index (χ1) is 7.16. The molecular formula is C11H14BrNO2. The first-order valence-electron chi connectivity index (χ1n) is 4.79. The molecule has 0 fully saturated rings. The van der Waals surface area contributed by atoms with E-state index in [1.165, 1.54) is 0 Å². The van der Waals surface area contributed by atoms with E-state index in [9.17, 15) is 9.90 Å². The lowest BCUT2D eigenvalue weighted by molar-refractivity contribution is 0.0953. The van der Waals surface area contributed by atoms with Gasteiger partial charge in [-0.2, -0.15) is 0 Å². The van der Waals surface area contributed by atoms with Gasteiger partial charge in [0.2, 0.25) is 0 Å². The maximum Gasteiger partial charge on any atom is 0.251 e. The van der Waals surface area contributed by atoms with E-state index in [1.54, 1.807) is 25.1 Å². The van der Waals surface area contributed by atoms with Crippen molar-refractivity contribution in [2.75, 3.05) is 11.9 Å². The predicted octanol–water partition coefficient (Wildman–Crippen LogP) is 2.22. The normalized spacial score (nSPS) is 10.0.